The number of esters is 1. The highest BCUT2D eigenvalue weighted by atomic mass is 32.1. The molecular formula is C17H15N3O5S. The van der Waals surface area contributed by atoms with Gasteiger partial charge in [-0.3, -0.25) is 9.59 Å². The number of ether oxygens (including phenoxy) is 2. The molecule has 9 heteroatoms. The number of hydrogen-bond acceptors (Lipinski definition) is 8. The van der Waals surface area contributed by atoms with Gasteiger partial charge in [0, 0.05) is 5.56 Å². The molecule has 2 heterocycles. The van der Waals surface area contributed by atoms with Crippen LogP contribution in [0.5, 0.6) is 5.75 Å². The average molecular weight is 373 g/mol. The van der Waals surface area contributed by atoms with Crippen LogP contribution in [0.1, 0.15) is 15.6 Å². The number of thiophene rings is 1. The van der Waals surface area contributed by atoms with Crippen molar-refractivity contribution >= 4 is 23.2 Å². The van der Waals surface area contributed by atoms with E-state index in [0.717, 1.165) is 0 Å². The van der Waals surface area contributed by atoms with Crippen molar-refractivity contribution in [1.29, 1.82) is 0 Å². The summed E-state index contributed by atoms with van der Waals surface area (Å²) in [6.07, 6.45) is 0. The molecule has 0 aliphatic rings. The number of carbonyl (C=O) groups is 2. The SMILES string of the molecule is COc1cccc(-c2noc(COC(=O)CNC(=O)c3cccs3)n2)c1. The number of hydrogen-bond donors (Lipinski definition) is 1. The van der Waals surface area contributed by atoms with Crippen LogP contribution in [0.4, 0.5) is 0 Å². The fraction of sp³-hybridized carbons (Fsp3) is 0.176. The largest absolute Gasteiger partial charge is 0.497 e. The van der Waals surface area contributed by atoms with Crippen LogP contribution in [0.15, 0.2) is 46.3 Å². The van der Waals surface area contributed by atoms with Crippen molar-refractivity contribution in [2.24, 2.45) is 0 Å². The molecule has 0 aliphatic carbocycles. The molecule has 8 nitrogen and oxygen atoms in total. The minimum Gasteiger partial charge on any atom is -0.497 e. The van der Waals surface area contributed by atoms with Gasteiger partial charge < -0.3 is 19.3 Å². The lowest BCUT2D eigenvalue weighted by Gasteiger charge is -2.03. The van der Waals surface area contributed by atoms with Gasteiger partial charge in [0.2, 0.25) is 5.82 Å². The lowest BCUT2D eigenvalue weighted by molar-refractivity contribution is -0.144. The summed E-state index contributed by atoms with van der Waals surface area (Å²) in [5, 5.41) is 8.11. The van der Waals surface area contributed by atoms with Crippen molar-refractivity contribution in [3.05, 3.63) is 52.5 Å². The standard InChI is InChI=1S/C17H15N3O5S/c1-23-12-5-2-4-11(8-12)16-19-14(25-20-16)10-24-15(21)9-18-17(22)13-6-3-7-26-13/h2-8H,9-10H2,1H3,(H,18,22). The number of nitrogens with zero attached hydrogens (tertiary/aromatic N) is 2. The fourth-order valence-corrected chi connectivity index (χ4v) is 2.67. The van der Waals surface area contributed by atoms with E-state index in [1.165, 1.54) is 11.3 Å². The fourth-order valence-electron chi connectivity index (χ4n) is 2.03. The molecule has 2 aromatic heterocycles. The number of aromatic nitrogens is 2. The van der Waals surface area contributed by atoms with Crippen molar-refractivity contribution in [3.63, 3.8) is 0 Å². The monoisotopic (exact) mass is 373 g/mol. The molecule has 1 aromatic carbocycles. The van der Waals surface area contributed by atoms with Crippen LogP contribution in [-0.2, 0) is 16.1 Å². The van der Waals surface area contributed by atoms with E-state index >= 15 is 0 Å². The first-order chi connectivity index (χ1) is 12.7. The lowest BCUT2D eigenvalue weighted by atomic mass is 10.2. The number of amides is 1. The van der Waals surface area contributed by atoms with Crippen molar-refractivity contribution in [3.8, 4) is 17.1 Å². The van der Waals surface area contributed by atoms with Crippen LogP contribution in [0.2, 0.25) is 0 Å². The number of benzene rings is 1. The number of nitrogens with one attached hydrogen (secondary N) is 1. The van der Waals surface area contributed by atoms with Gasteiger partial charge in [-0.1, -0.05) is 23.4 Å². The quantitative estimate of drug-likeness (QED) is 0.634. The summed E-state index contributed by atoms with van der Waals surface area (Å²) in [7, 11) is 1.57. The van der Waals surface area contributed by atoms with Gasteiger partial charge in [-0.25, -0.2) is 0 Å². The maximum Gasteiger partial charge on any atom is 0.325 e. The topological polar surface area (TPSA) is 104 Å². The predicted octanol–water partition coefficient (Wildman–Crippen LogP) is 2.28. The zero-order chi connectivity index (χ0) is 18.4. The molecule has 1 amide bonds. The molecular weight excluding hydrogens is 358 g/mol. The number of methoxy groups -OCH3 is 1. The minimum atomic E-state index is -0.601. The van der Waals surface area contributed by atoms with Crippen LogP contribution in [0.3, 0.4) is 0 Å². The molecule has 1 N–H and O–H groups in total. The van der Waals surface area contributed by atoms with E-state index in [1.54, 1.807) is 42.8 Å². The predicted molar refractivity (Wildman–Crippen MR) is 92.7 cm³/mol. The molecule has 0 unspecified atom stereocenters. The molecule has 3 aromatic rings. The normalized spacial score (nSPS) is 10.3. The van der Waals surface area contributed by atoms with E-state index in [-0.39, 0.29) is 24.9 Å². The lowest BCUT2D eigenvalue weighted by Crippen LogP contribution is -2.30. The molecule has 26 heavy (non-hydrogen) atoms. The van der Waals surface area contributed by atoms with Gasteiger partial charge in [-0.15, -0.1) is 11.3 Å². The summed E-state index contributed by atoms with van der Waals surface area (Å²) in [6.45, 7) is -0.418. The minimum absolute atomic E-state index is 0.153. The second kappa shape index (κ2) is 8.26. The van der Waals surface area contributed by atoms with Crippen LogP contribution in [-0.4, -0.2) is 35.7 Å². The Morgan fingerprint density at radius 3 is 2.92 bits per heavy atom. The van der Waals surface area contributed by atoms with Gasteiger partial charge in [0.15, 0.2) is 6.61 Å². The maximum atomic E-state index is 11.7. The first-order valence-electron chi connectivity index (χ1n) is 7.60. The Hall–Kier alpha value is -3.20. The molecule has 0 saturated heterocycles. The van der Waals surface area contributed by atoms with Crippen molar-refractivity contribution in [2.45, 2.75) is 6.61 Å². The molecule has 0 saturated carbocycles. The second-order valence-electron chi connectivity index (χ2n) is 5.06. The zero-order valence-electron chi connectivity index (χ0n) is 13.8. The molecule has 0 spiro atoms. The van der Waals surface area contributed by atoms with E-state index in [2.05, 4.69) is 15.5 Å². The van der Waals surface area contributed by atoms with Crippen molar-refractivity contribution in [2.75, 3.05) is 13.7 Å². The Balaban J connectivity index is 1.50. The summed E-state index contributed by atoms with van der Waals surface area (Å²) >= 11 is 1.29. The third-order valence-corrected chi connectivity index (χ3v) is 4.16. The average Bonchev–Trinajstić information content (AvgIpc) is 3.36. The van der Waals surface area contributed by atoms with Gasteiger partial charge in [0.1, 0.15) is 12.3 Å². The van der Waals surface area contributed by atoms with Crippen LogP contribution >= 0.6 is 11.3 Å². The summed E-state index contributed by atoms with van der Waals surface area (Å²) in [6, 6.07) is 10.6. The second-order valence-corrected chi connectivity index (χ2v) is 6.01. The molecule has 0 fully saturated rings. The first kappa shape index (κ1) is 17.6. The van der Waals surface area contributed by atoms with E-state index < -0.39 is 5.97 Å². The van der Waals surface area contributed by atoms with E-state index in [1.807, 2.05) is 6.07 Å². The number of carbonyl (C=O) groups excluding carboxylic acids is 2. The Morgan fingerprint density at radius 1 is 1.27 bits per heavy atom. The molecule has 0 bridgehead atoms. The Labute approximate surface area is 152 Å². The van der Waals surface area contributed by atoms with E-state index in [9.17, 15) is 9.59 Å². The number of rotatable bonds is 7. The Morgan fingerprint density at radius 2 is 2.15 bits per heavy atom. The molecule has 0 radical (unpaired) electrons. The van der Waals surface area contributed by atoms with E-state index in [4.69, 9.17) is 14.0 Å². The molecule has 134 valence electrons. The molecule has 3 rings (SSSR count). The van der Waals surface area contributed by atoms with E-state index in [0.29, 0.717) is 22.0 Å². The third kappa shape index (κ3) is 4.45. The Kier molecular flexibility index (Phi) is 5.59. The Bertz CT molecular complexity index is 891. The summed E-state index contributed by atoms with van der Waals surface area (Å²) in [5.41, 5.74) is 0.717. The van der Waals surface area contributed by atoms with Gasteiger partial charge in [0.25, 0.3) is 11.8 Å². The highest BCUT2D eigenvalue weighted by Gasteiger charge is 2.13. The van der Waals surface area contributed by atoms with Crippen LogP contribution in [0, 0.1) is 0 Å². The zero-order valence-corrected chi connectivity index (χ0v) is 14.6. The summed E-state index contributed by atoms with van der Waals surface area (Å²) < 4.78 is 15.2. The summed E-state index contributed by atoms with van der Waals surface area (Å²) in [4.78, 5) is 28.1. The van der Waals surface area contributed by atoms with Gasteiger partial charge in [0.05, 0.1) is 12.0 Å². The smallest absolute Gasteiger partial charge is 0.325 e. The van der Waals surface area contributed by atoms with Crippen molar-refractivity contribution in [1.82, 2.24) is 15.5 Å². The first-order valence-corrected chi connectivity index (χ1v) is 8.48. The summed E-state index contributed by atoms with van der Waals surface area (Å²) in [5.74, 6) is 0.259. The van der Waals surface area contributed by atoms with Crippen LogP contribution in [0.25, 0.3) is 11.4 Å². The van der Waals surface area contributed by atoms with Crippen molar-refractivity contribution < 1.29 is 23.6 Å². The van der Waals surface area contributed by atoms with Gasteiger partial charge >= 0.3 is 5.97 Å². The van der Waals surface area contributed by atoms with Crippen LogP contribution < -0.4 is 10.1 Å². The maximum absolute atomic E-state index is 11.7. The van der Waals surface area contributed by atoms with Gasteiger partial charge in [-0.05, 0) is 23.6 Å². The molecule has 0 atom stereocenters. The third-order valence-electron chi connectivity index (χ3n) is 3.29. The highest BCUT2D eigenvalue weighted by Crippen LogP contribution is 2.21. The van der Waals surface area contributed by atoms with Gasteiger partial charge in [-0.2, -0.15) is 4.98 Å². The highest BCUT2D eigenvalue weighted by molar-refractivity contribution is 7.12. The molecule has 0 aliphatic heterocycles.